The zero-order chi connectivity index (χ0) is 30.5. The Balaban J connectivity index is 1.29. The van der Waals surface area contributed by atoms with E-state index in [9.17, 15) is 9.59 Å². The lowest BCUT2D eigenvalue weighted by Gasteiger charge is -2.23. The first-order valence-electron chi connectivity index (χ1n) is 15.5. The minimum atomic E-state index is -0.597. The van der Waals surface area contributed by atoms with Gasteiger partial charge in [0.2, 0.25) is 5.56 Å². The highest BCUT2D eigenvalue weighted by Gasteiger charge is 2.27. The van der Waals surface area contributed by atoms with E-state index in [4.69, 9.17) is 9.47 Å². The Morgan fingerprint density at radius 3 is 2.18 bits per heavy atom. The average Bonchev–Trinajstić information content (AvgIpc) is 3.47. The predicted molar refractivity (Wildman–Crippen MR) is 174 cm³/mol. The number of carbonyl (C=O) groups is 1. The Kier molecular flexibility index (Phi) is 8.89. The molecule has 1 aromatic heterocycles. The van der Waals surface area contributed by atoms with E-state index in [0.717, 1.165) is 42.2 Å². The number of aromatic nitrogens is 1. The molecule has 4 aromatic carbocycles. The topological polar surface area (TPSA) is 80.4 Å². The third-order valence-electron chi connectivity index (χ3n) is 8.54. The summed E-state index contributed by atoms with van der Waals surface area (Å²) in [5.41, 5.74) is 8.33. The van der Waals surface area contributed by atoms with Crippen LogP contribution in [0.3, 0.4) is 0 Å². The molecule has 1 aliphatic rings. The summed E-state index contributed by atoms with van der Waals surface area (Å²) in [5, 5.41) is 4.49. The summed E-state index contributed by atoms with van der Waals surface area (Å²) in [5.74, 6) is 0.172. The van der Waals surface area contributed by atoms with E-state index in [0.29, 0.717) is 30.0 Å². The molecule has 2 N–H and O–H groups in total. The van der Waals surface area contributed by atoms with Crippen molar-refractivity contribution in [2.75, 3.05) is 6.54 Å². The largest absolute Gasteiger partial charge is 0.487 e. The van der Waals surface area contributed by atoms with Crippen molar-refractivity contribution in [1.82, 2.24) is 10.3 Å². The molecule has 6 rings (SSSR count). The van der Waals surface area contributed by atoms with Crippen molar-refractivity contribution in [3.63, 3.8) is 0 Å². The first kappa shape index (κ1) is 29.4. The van der Waals surface area contributed by atoms with Gasteiger partial charge in [-0.2, -0.15) is 0 Å². The third kappa shape index (κ3) is 6.46. The first-order chi connectivity index (χ1) is 21.5. The second kappa shape index (κ2) is 13.3. The molecule has 6 heteroatoms. The van der Waals surface area contributed by atoms with Crippen LogP contribution in [0.5, 0.6) is 5.75 Å². The highest BCUT2D eigenvalue weighted by molar-refractivity contribution is 5.91. The summed E-state index contributed by atoms with van der Waals surface area (Å²) in [4.78, 5) is 28.7. The molecule has 44 heavy (non-hydrogen) atoms. The van der Waals surface area contributed by atoms with Crippen LogP contribution in [-0.4, -0.2) is 23.5 Å². The summed E-state index contributed by atoms with van der Waals surface area (Å²) in [6.07, 6.45) is 3.34. The minimum Gasteiger partial charge on any atom is -0.487 e. The van der Waals surface area contributed by atoms with Crippen molar-refractivity contribution < 1.29 is 14.3 Å². The van der Waals surface area contributed by atoms with Gasteiger partial charge in [-0.05, 0) is 77.8 Å². The smallest absolute Gasteiger partial charge is 0.338 e. The lowest BCUT2D eigenvalue weighted by atomic mass is 9.97. The van der Waals surface area contributed by atoms with Crippen LogP contribution in [0.25, 0.3) is 10.9 Å². The Labute approximate surface area is 258 Å². The van der Waals surface area contributed by atoms with Crippen LogP contribution in [0.2, 0.25) is 0 Å². The minimum absolute atomic E-state index is 0.225. The van der Waals surface area contributed by atoms with Gasteiger partial charge in [-0.25, -0.2) is 4.79 Å². The lowest BCUT2D eigenvalue weighted by molar-refractivity contribution is 0.0294. The Bertz CT molecular complexity index is 1780. The van der Waals surface area contributed by atoms with Crippen molar-refractivity contribution in [2.45, 2.75) is 58.3 Å². The van der Waals surface area contributed by atoms with Gasteiger partial charge in [-0.15, -0.1) is 0 Å². The van der Waals surface area contributed by atoms with E-state index in [1.807, 2.05) is 60.7 Å². The second-order valence-corrected chi connectivity index (χ2v) is 11.4. The fourth-order valence-corrected chi connectivity index (χ4v) is 6.22. The first-order valence-corrected chi connectivity index (χ1v) is 15.5. The molecule has 0 amide bonds. The average molecular weight is 587 g/mol. The van der Waals surface area contributed by atoms with Gasteiger partial charge >= 0.3 is 5.97 Å². The van der Waals surface area contributed by atoms with E-state index in [1.165, 1.54) is 28.3 Å². The fourth-order valence-electron chi connectivity index (χ4n) is 6.22. The molecule has 6 nitrogen and oxygen atoms in total. The van der Waals surface area contributed by atoms with Crippen molar-refractivity contribution in [2.24, 2.45) is 0 Å². The van der Waals surface area contributed by atoms with Gasteiger partial charge in [0.15, 0.2) is 0 Å². The summed E-state index contributed by atoms with van der Waals surface area (Å²) in [6, 6.07) is 31.0. The molecular weight excluding hydrogens is 548 g/mol. The van der Waals surface area contributed by atoms with Crippen LogP contribution in [0.1, 0.15) is 63.7 Å². The molecule has 1 heterocycles. The van der Waals surface area contributed by atoms with E-state index >= 15 is 0 Å². The molecule has 0 unspecified atom stereocenters. The predicted octanol–water partition coefficient (Wildman–Crippen LogP) is 6.89. The molecule has 0 radical (unpaired) electrons. The van der Waals surface area contributed by atoms with Crippen LogP contribution < -0.4 is 15.6 Å². The van der Waals surface area contributed by atoms with Crippen LogP contribution in [-0.2, 0) is 37.0 Å². The number of ether oxygens (including phenoxy) is 2. The number of aryl methyl sites for hydroxylation is 2. The van der Waals surface area contributed by atoms with Gasteiger partial charge in [0, 0.05) is 29.6 Å². The number of nitrogens with one attached hydrogen (secondary N) is 2. The SMILES string of the molecule is CCc1cc2c(cc1CC)CC(NC[C@H](OC(=O)c1ccccc1)c1ccc(OCc3ccccc3)c3[nH]c(=O)ccc13)C2. The molecular formula is C38H38N2O4. The number of pyridine rings is 1. The molecule has 224 valence electrons. The summed E-state index contributed by atoms with van der Waals surface area (Å²) in [7, 11) is 0. The number of hydrogen-bond donors (Lipinski definition) is 2. The van der Waals surface area contributed by atoms with E-state index in [2.05, 4.69) is 36.3 Å². The number of aromatic amines is 1. The van der Waals surface area contributed by atoms with Gasteiger partial charge in [0.1, 0.15) is 18.5 Å². The number of rotatable bonds is 11. The molecule has 1 atom stereocenters. The molecule has 0 saturated heterocycles. The van der Waals surface area contributed by atoms with Crippen LogP contribution in [0.15, 0.2) is 102 Å². The Morgan fingerprint density at radius 1 is 0.864 bits per heavy atom. The molecule has 0 spiro atoms. The molecule has 1 aliphatic carbocycles. The van der Waals surface area contributed by atoms with Crippen molar-refractivity contribution >= 4 is 16.9 Å². The number of H-pyrrole nitrogens is 1. The molecule has 0 fully saturated rings. The normalized spacial score (nSPS) is 13.5. The van der Waals surface area contributed by atoms with Gasteiger partial charge in [-0.1, -0.05) is 80.6 Å². The summed E-state index contributed by atoms with van der Waals surface area (Å²) < 4.78 is 12.4. The lowest BCUT2D eigenvalue weighted by Crippen LogP contribution is -2.34. The van der Waals surface area contributed by atoms with E-state index in [1.54, 1.807) is 18.2 Å². The van der Waals surface area contributed by atoms with Crippen molar-refractivity contribution in [3.8, 4) is 5.75 Å². The highest BCUT2D eigenvalue weighted by atomic mass is 16.5. The van der Waals surface area contributed by atoms with Crippen LogP contribution in [0, 0.1) is 0 Å². The zero-order valence-electron chi connectivity index (χ0n) is 25.3. The van der Waals surface area contributed by atoms with Gasteiger partial charge in [0.05, 0.1) is 11.1 Å². The highest BCUT2D eigenvalue weighted by Crippen LogP contribution is 2.33. The molecule has 0 saturated carbocycles. The number of fused-ring (bicyclic) bond motifs is 2. The molecule has 5 aromatic rings. The van der Waals surface area contributed by atoms with Crippen LogP contribution >= 0.6 is 0 Å². The van der Waals surface area contributed by atoms with E-state index < -0.39 is 12.1 Å². The number of hydrogen-bond acceptors (Lipinski definition) is 5. The second-order valence-electron chi connectivity index (χ2n) is 11.4. The van der Waals surface area contributed by atoms with Crippen LogP contribution in [0.4, 0.5) is 0 Å². The summed E-state index contributed by atoms with van der Waals surface area (Å²) in [6.45, 7) is 5.22. The van der Waals surface area contributed by atoms with Gasteiger partial charge in [0.25, 0.3) is 0 Å². The number of carbonyl (C=O) groups excluding carboxylic acids is 1. The maximum atomic E-state index is 13.3. The zero-order valence-corrected chi connectivity index (χ0v) is 25.3. The monoisotopic (exact) mass is 586 g/mol. The van der Waals surface area contributed by atoms with Gasteiger partial charge < -0.3 is 19.8 Å². The Hall–Kier alpha value is -4.68. The molecule has 0 aliphatic heterocycles. The maximum absolute atomic E-state index is 13.3. The molecule has 0 bridgehead atoms. The van der Waals surface area contributed by atoms with E-state index in [-0.39, 0.29) is 11.6 Å². The Morgan fingerprint density at radius 2 is 1.52 bits per heavy atom. The maximum Gasteiger partial charge on any atom is 0.338 e. The number of esters is 1. The number of benzene rings is 4. The third-order valence-corrected chi connectivity index (χ3v) is 8.54. The standard InChI is InChI=1S/C38H38N2O4/c1-3-26-19-29-21-31(22-30(29)20-27(26)4-2)39-23-35(44-38(42)28-13-9-6-10-14-28)32-15-17-34(37-33(32)16-18-36(41)40-37)43-24-25-11-7-5-8-12-25/h5-20,31,35,39H,3-4,21-24H2,1-2H3,(H,40,41)/t35-/m0/s1. The van der Waals surface area contributed by atoms with Crippen molar-refractivity contribution in [3.05, 3.63) is 146 Å². The summed E-state index contributed by atoms with van der Waals surface area (Å²) >= 11 is 0. The van der Waals surface area contributed by atoms with Gasteiger partial charge in [-0.3, -0.25) is 4.79 Å². The quantitative estimate of drug-likeness (QED) is 0.165. The van der Waals surface area contributed by atoms with Crippen molar-refractivity contribution in [1.29, 1.82) is 0 Å². The fraction of sp³-hybridized carbons (Fsp3) is 0.263.